The Hall–Kier alpha value is -3.26. The summed E-state index contributed by atoms with van der Waals surface area (Å²) in [6.07, 6.45) is 1.46. The minimum Gasteiger partial charge on any atom is -0.487 e. The van der Waals surface area contributed by atoms with Gasteiger partial charge in [0.25, 0.3) is 11.8 Å². The van der Waals surface area contributed by atoms with Crippen molar-refractivity contribution >= 4 is 80.8 Å². The average molecular weight is 722 g/mol. The van der Waals surface area contributed by atoms with Gasteiger partial charge in [-0.25, -0.2) is 14.5 Å². The number of carboxylic acids is 1. The molecule has 0 bridgehead atoms. The summed E-state index contributed by atoms with van der Waals surface area (Å²) in [6.45, 7) is 4.05. The van der Waals surface area contributed by atoms with Crippen LogP contribution in [0, 0.1) is 21.0 Å². The molecular formula is C27H20I2N2O6. The summed E-state index contributed by atoms with van der Waals surface area (Å²) in [5.74, 6) is -1.83. The van der Waals surface area contributed by atoms with E-state index in [1.165, 1.54) is 18.2 Å². The summed E-state index contributed by atoms with van der Waals surface area (Å²) in [5.41, 5.74) is 3.76. The summed E-state index contributed by atoms with van der Waals surface area (Å²) in [6, 6.07) is 14.4. The van der Waals surface area contributed by atoms with Crippen molar-refractivity contribution in [2.75, 3.05) is 4.90 Å². The zero-order valence-corrected chi connectivity index (χ0v) is 24.0. The maximum absolute atomic E-state index is 13.2. The monoisotopic (exact) mass is 722 g/mol. The van der Waals surface area contributed by atoms with Crippen LogP contribution in [0.4, 0.5) is 10.5 Å². The van der Waals surface area contributed by atoms with Gasteiger partial charge >= 0.3 is 12.0 Å². The van der Waals surface area contributed by atoms with E-state index in [0.29, 0.717) is 17.0 Å². The van der Waals surface area contributed by atoms with E-state index in [0.717, 1.165) is 28.7 Å². The van der Waals surface area contributed by atoms with Crippen LogP contribution in [0.5, 0.6) is 5.75 Å². The first-order valence-corrected chi connectivity index (χ1v) is 13.1. The number of anilines is 1. The van der Waals surface area contributed by atoms with Gasteiger partial charge in [-0.15, -0.1) is 0 Å². The standard InChI is InChI=1S/C27H20I2N2O6/c1-14-3-8-19(9-15(14)2)31-25(33)20(24(32)30-27(31)36)10-17-11-21(28)23(22(29)12-17)37-13-16-4-6-18(7-5-16)26(34)35/h3-12H,13H2,1-2H3,(H,34,35)(H,30,32,36)/b20-10+. The Labute approximate surface area is 240 Å². The Balaban J connectivity index is 1.58. The summed E-state index contributed by atoms with van der Waals surface area (Å²) < 4.78 is 7.48. The molecule has 188 valence electrons. The highest BCUT2D eigenvalue weighted by atomic mass is 127. The number of carboxylic acid groups (broad SMARTS) is 1. The van der Waals surface area contributed by atoms with Gasteiger partial charge in [0.2, 0.25) is 0 Å². The number of hydrogen-bond donors (Lipinski definition) is 2. The molecule has 37 heavy (non-hydrogen) atoms. The Kier molecular flexibility index (Phi) is 7.97. The predicted octanol–water partition coefficient (Wildman–Crippen LogP) is 5.46. The number of carbonyl (C=O) groups excluding carboxylic acids is 3. The molecule has 0 saturated carbocycles. The number of benzene rings is 3. The zero-order valence-electron chi connectivity index (χ0n) is 19.7. The molecule has 3 aromatic rings. The molecule has 1 aliphatic rings. The fourth-order valence-corrected chi connectivity index (χ4v) is 5.75. The molecule has 3 aromatic carbocycles. The molecule has 10 heteroatoms. The van der Waals surface area contributed by atoms with Crippen LogP contribution in [0.15, 0.2) is 60.2 Å². The molecule has 1 heterocycles. The number of ether oxygens (including phenoxy) is 1. The van der Waals surface area contributed by atoms with Crippen molar-refractivity contribution in [3.05, 3.63) is 95.1 Å². The zero-order chi connectivity index (χ0) is 26.9. The minimum atomic E-state index is -0.993. The van der Waals surface area contributed by atoms with Crippen LogP contribution in [0.25, 0.3) is 6.08 Å². The number of nitrogens with zero attached hydrogens (tertiary/aromatic N) is 1. The molecule has 1 saturated heterocycles. The van der Waals surface area contributed by atoms with Crippen molar-refractivity contribution in [3.8, 4) is 5.75 Å². The molecule has 1 fully saturated rings. The fraction of sp³-hybridized carbons (Fsp3) is 0.111. The van der Waals surface area contributed by atoms with E-state index in [9.17, 15) is 19.2 Å². The van der Waals surface area contributed by atoms with Crippen molar-refractivity contribution in [3.63, 3.8) is 0 Å². The van der Waals surface area contributed by atoms with Gasteiger partial charge in [0.1, 0.15) is 17.9 Å². The second kappa shape index (κ2) is 11.0. The lowest BCUT2D eigenvalue weighted by Crippen LogP contribution is -2.54. The molecule has 0 atom stereocenters. The number of carbonyl (C=O) groups is 4. The van der Waals surface area contributed by atoms with Crippen LogP contribution in [-0.2, 0) is 16.2 Å². The lowest BCUT2D eigenvalue weighted by molar-refractivity contribution is -0.122. The third-order valence-electron chi connectivity index (χ3n) is 5.77. The van der Waals surface area contributed by atoms with E-state index in [1.807, 2.05) is 19.9 Å². The topological polar surface area (TPSA) is 113 Å². The summed E-state index contributed by atoms with van der Waals surface area (Å²) in [4.78, 5) is 50.3. The van der Waals surface area contributed by atoms with Gasteiger partial charge in [0.05, 0.1) is 18.4 Å². The SMILES string of the molecule is Cc1ccc(N2C(=O)NC(=O)/C(=C\c3cc(I)c(OCc4ccc(C(=O)O)cc4)c(I)c3)C2=O)cc1C. The number of aryl methyl sites for hydroxylation is 2. The van der Waals surface area contributed by atoms with Crippen LogP contribution < -0.4 is 15.0 Å². The van der Waals surface area contributed by atoms with Crippen LogP contribution in [0.2, 0.25) is 0 Å². The van der Waals surface area contributed by atoms with Crippen LogP contribution in [-0.4, -0.2) is 28.9 Å². The van der Waals surface area contributed by atoms with Gasteiger partial charge in [-0.1, -0.05) is 18.2 Å². The Morgan fingerprint density at radius 2 is 1.62 bits per heavy atom. The fourth-order valence-electron chi connectivity index (χ4n) is 3.62. The van der Waals surface area contributed by atoms with Gasteiger partial charge in [0, 0.05) is 0 Å². The Morgan fingerprint density at radius 3 is 2.22 bits per heavy atom. The van der Waals surface area contributed by atoms with Crippen molar-refractivity contribution < 1.29 is 29.0 Å². The number of hydrogen-bond acceptors (Lipinski definition) is 5. The Bertz CT molecular complexity index is 1460. The molecule has 1 aliphatic heterocycles. The summed E-state index contributed by atoms with van der Waals surface area (Å²) >= 11 is 4.22. The number of halogens is 2. The lowest BCUT2D eigenvalue weighted by atomic mass is 10.1. The number of aromatic carboxylic acids is 1. The number of urea groups is 1. The van der Waals surface area contributed by atoms with Crippen LogP contribution >= 0.6 is 45.2 Å². The largest absolute Gasteiger partial charge is 0.487 e. The first-order chi connectivity index (χ1) is 17.5. The van der Waals surface area contributed by atoms with E-state index in [4.69, 9.17) is 9.84 Å². The first kappa shape index (κ1) is 26.8. The van der Waals surface area contributed by atoms with Crippen molar-refractivity contribution in [2.45, 2.75) is 20.5 Å². The number of imide groups is 2. The van der Waals surface area contributed by atoms with Gasteiger partial charge in [0.15, 0.2) is 0 Å². The number of barbiturate groups is 1. The van der Waals surface area contributed by atoms with Gasteiger partial charge in [-0.2, -0.15) is 0 Å². The summed E-state index contributed by atoms with van der Waals surface area (Å²) in [5, 5.41) is 11.3. The molecule has 4 amide bonds. The molecule has 0 spiro atoms. The third-order valence-corrected chi connectivity index (χ3v) is 7.37. The molecule has 0 radical (unpaired) electrons. The quantitative estimate of drug-likeness (QED) is 0.199. The van der Waals surface area contributed by atoms with Crippen LogP contribution in [0.3, 0.4) is 0 Å². The second-order valence-corrected chi connectivity index (χ2v) is 10.7. The molecule has 0 unspecified atom stereocenters. The second-order valence-electron chi connectivity index (χ2n) is 8.33. The lowest BCUT2D eigenvalue weighted by Gasteiger charge is -2.27. The third kappa shape index (κ3) is 5.85. The maximum atomic E-state index is 13.2. The van der Waals surface area contributed by atoms with Crippen LogP contribution in [0.1, 0.15) is 32.6 Å². The van der Waals surface area contributed by atoms with Crippen molar-refractivity contribution in [2.24, 2.45) is 0 Å². The molecule has 8 nitrogen and oxygen atoms in total. The highest BCUT2D eigenvalue weighted by Gasteiger charge is 2.37. The number of rotatable bonds is 6. The van der Waals surface area contributed by atoms with E-state index in [1.54, 1.807) is 36.4 Å². The van der Waals surface area contributed by atoms with Gasteiger partial charge in [-0.3, -0.25) is 14.9 Å². The molecule has 4 rings (SSSR count). The highest BCUT2D eigenvalue weighted by molar-refractivity contribution is 14.1. The molecule has 0 aromatic heterocycles. The minimum absolute atomic E-state index is 0.156. The Morgan fingerprint density at radius 1 is 0.973 bits per heavy atom. The van der Waals surface area contributed by atoms with Crippen molar-refractivity contribution in [1.82, 2.24) is 5.32 Å². The van der Waals surface area contributed by atoms with E-state index in [-0.39, 0.29) is 17.7 Å². The molecule has 2 N–H and O–H groups in total. The van der Waals surface area contributed by atoms with E-state index >= 15 is 0 Å². The van der Waals surface area contributed by atoms with Gasteiger partial charge < -0.3 is 9.84 Å². The maximum Gasteiger partial charge on any atom is 0.335 e. The van der Waals surface area contributed by atoms with E-state index < -0.39 is 23.8 Å². The normalized spacial score (nSPS) is 14.6. The molecular weight excluding hydrogens is 702 g/mol. The first-order valence-electron chi connectivity index (χ1n) is 11.0. The highest BCUT2D eigenvalue weighted by Crippen LogP contribution is 2.31. The average Bonchev–Trinajstić information content (AvgIpc) is 2.83. The predicted molar refractivity (Wildman–Crippen MR) is 155 cm³/mol. The number of nitrogens with one attached hydrogen (secondary N) is 1. The molecule has 0 aliphatic carbocycles. The number of amides is 4. The van der Waals surface area contributed by atoms with Gasteiger partial charge in [-0.05, 0) is 124 Å². The van der Waals surface area contributed by atoms with E-state index in [2.05, 4.69) is 50.5 Å². The van der Waals surface area contributed by atoms with Crippen molar-refractivity contribution in [1.29, 1.82) is 0 Å². The summed E-state index contributed by atoms with van der Waals surface area (Å²) in [7, 11) is 0. The smallest absolute Gasteiger partial charge is 0.335 e.